The van der Waals surface area contributed by atoms with Crippen molar-refractivity contribution in [3.8, 4) is 17.2 Å². The van der Waals surface area contributed by atoms with E-state index in [1.54, 1.807) is 49.4 Å². The third-order valence-electron chi connectivity index (χ3n) is 7.95. The second kappa shape index (κ2) is 17.6. The van der Waals surface area contributed by atoms with Gasteiger partial charge in [-0.3, -0.25) is 19.2 Å². The van der Waals surface area contributed by atoms with E-state index < -0.39 is 18.0 Å². The third-order valence-corrected chi connectivity index (χ3v) is 7.95. The third kappa shape index (κ3) is 10.2. The number of carbonyl (C=O) groups excluding carboxylic acids is 4. The lowest BCUT2D eigenvalue weighted by Gasteiger charge is -2.25. The Balaban J connectivity index is 1.79. The average Bonchev–Trinajstić information content (AvgIpc) is 3.08. The smallest absolute Gasteiger partial charge is 0.251 e. The van der Waals surface area contributed by atoms with Crippen molar-refractivity contribution in [2.45, 2.75) is 72.1 Å². The van der Waals surface area contributed by atoms with Crippen molar-refractivity contribution >= 4 is 23.6 Å². The van der Waals surface area contributed by atoms with Crippen molar-refractivity contribution in [3.63, 3.8) is 0 Å². The number of rotatable bonds is 15. The maximum atomic E-state index is 13.6. The molecule has 0 bridgehead atoms. The van der Waals surface area contributed by atoms with Crippen molar-refractivity contribution in [3.05, 3.63) is 95.1 Å². The maximum Gasteiger partial charge on any atom is 0.251 e. The number of carbonyl (C=O) groups is 4. The molecule has 0 saturated carbocycles. The summed E-state index contributed by atoms with van der Waals surface area (Å²) < 4.78 is 0. The van der Waals surface area contributed by atoms with E-state index in [9.17, 15) is 24.4 Å². The van der Waals surface area contributed by atoms with Gasteiger partial charge in [-0.2, -0.15) is 5.26 Å². The Kier molecular flexibility index (Phi) is 13.7. The Hall–Kier alpha value is -5.01. The molecule has 0 aliphatic carbocycles. The summed E-state index contributed by atoms with van der Waals surface area (Å²) in [5, 5.41) is 24.5. The minimum absolute atomic E-state index is 0.0928. The van der Waals surface area contributed by atoms with Crippen molar-refractivity contribution in [1.82, 2.24) is 26.6 Å². The van der Waals surface area contributed by atoms with Crippen LogP contribution in [0.2, 0.25) is 0 Å². The van der Waals surface area contributed by atoms with Gasteiger partial charge in [0.05, 0.1) is 23.7 Å². The van der Waals surface area contributed by atoms with E-state index in [1.165, 1.54) is 0 Å². The summed E-state index contributed by atoms with van der Waals surface area (Å²) in [6, 6.07) is 21.8. The summed E-state index contributed by atoms with van der Waals surface area (Å²) in [4.78, 5) is 52.4. The Labute approximate surface area is 277 Å². The summed E-state index contributed by atoms with van der Waals surface area (Å²) in [6.45, 7) is 11.8. The first-order valence-corrected chi connectivity index (χ1v) is 16.1. The van der Waals surface area contributed by atoms with Gasteiger partial charge in [-0.15, -0.1) is 0 Å². The van der Waals surface area contributed by atoms with Crippen LogP contribution in [0.4, 0.5) is 0 Å². The van der Waals surface area contributed by atoms with Gasteiger partial charge in [-0.25, -0.2) is 0 Å². The zero-order valence-corrected chi connectivity index (χ0v) is 28.0. The molecular formula is C37H46N6O4. The summed E-state index contributed by atoms with van der Waals surface area (Å²) in [7, 11) is 0. The summed E-state index contributed by atoms with van der Waals surface area (Å²) in [5.41, 5.74) is 3.08. The molecule has 0 radical (unpaired) electrons. The first-order chi connectivity index (χ1) is 22.5. The highest BCUT2D eigenvalue weighted by atomic mass is 16.2. The minimum Gasteiger partial charge on any atom is -0.355 e. The molecule has 248 valence electrons. The average molecular weight is 639 g/mol. The fourth-order valence-corrected chi connectivity index (χ4v) is 5.06. The predicted octanol–water partition coefficient (Wildman–Crippen LogP) is 4.48. The number of amides is 4. The highest BCUT2D eigenvalue weighted by Gasteiger charge is 2.26. The molecular weight excluding hydrogens is 592 g/mol. The van der Waals surface area contributed by atoms with Crippen LogP contribution >= 0.6 is 0 Å². The molecule has 10 heteroatoms. The van der Waals surface area contributed by atoms with Gasteiger partial charge in [0.15, 0.2) is 0 Å². The standard InChI is InChI=1S/C37H46N6O4/c1-7-31(22-40-25(6)34(44)43-33(23(3)4)37(47)39-8-2)42-36(46)30-19-28(32-17-13-12-16-27(32)21-38)18-29(20-30)35(45)41-24(5)26-14-10-9-11-15-26/h9-20,23-25,31,33,40H,7-8,22H2,1-6H3,(H,39,47)(H,41,45)(H,42,46)(H,43,44)/t24-,25+,31?,33+/m1/s1. The van der Waals surface area contributed by atoms with E-state index in [1.807, 2.05) is 65.0 Å². The molecule has 0 saturated heterocycles. The van der Waals surface area contributed by atoms with Gasteiger partial charge in [0, 0.05) is 30.3 Å². The Morgan fingerprint density at radius 3 is 1.98 bits per heavy atom. The van der Waals surface area contributed by atoms with Gasteiger partial charge >= 0.3 is 0 Å². The summed E-state index contributed by atoms with van der Waals surface area (Å²) in [6.07, 6.45) is 0.569. The molecule has 0 fully saturated rings. The molecule has 4 atom stereocenters. The fraction of sp³-hybridized carbons (Fsp3) is 0.378. The zero-order valence-electron chi connectivity index (χ0n) is 28.0. The number of hydrogen-bond acceptors (Lipinski definition) is 6. The van der Waals surface area contributed by atoms with E-state index >= 15 is 0 Å². The summed E-state index contributed by atoms with van der Waals surface area (Å²) in [5.74, 6) is -1.39. The lowest BCUT2D eigenvalue weighted by molar-refractivity contribution is -0.130. The Bertz CT molecular complexity index is 1580. The molecule has 3 rings (SSSR count). The molecule has 4 amide bonds. The number of nitrogens with zero attached hydrogens (tertiary/aromatic N) is 1. The van der Waals surface area contributed by atoms with Crippen molar-refractivity contribution < 1.29 is 19.2 Å². The van der Waals surface area contributed by atoms with E-state index in [0.29, 0.717) is 36.2 Å². The first kappa shape index (κ1) is 36.5. The second-order valence-corrected chi connectivity index (χ2v) is 11.9. The van der Waals surface area contributed by atoms with Crippen LogP contribution in [-0.4, -0.2) is 54.8 Å². The normalized spacial score (nSPS) is 13.4. The molecule has 0 heterocycles. The van der Waals surface area contributed by atoms with Crippen LogP contribution in [0.15, 0.2) is 72.8 Å². The van der Waals surface area contributed by atoms with E-state index in [-0.39, 0.29) is 46.9 Å². The number of benzene rings is 3. The lowest BCUT2D eigenvalue weighted by Crippen LogP contribution is -2.55. The molecule has 5 N–H and O–H groups in total. The van der Waals surface area contributed by atoms with Crippen LogP contribution < -0.4 is 26.6 Å². The predicted molar refractivity (Wildman–Crippen MR) is 183 cm³/mol. The molecule has 3 aromatic carbocycles. The molecule has 0 aliphatic heterocycles. The molecule has 0 spiro atoms. The number of nitriles is 1. The number of nitrogens with one attached hydrogen (secondary N) is 5. The monoisotopic (exact) mass is 638 g/mol. The van der Waals surface area contributed by atoms with Crippen molar-refractivity contribution in [1.29, 1.82) is 5.26 Å². The number of hydrogen-bond donors (Lipinski definition) is 5. The molecule has 3 aromatic rings. The van der Waals surface area contributed by atoms with Crippen LogP contribution in [0, 0.1) is 17.2 Å². The van der Waals surface area contributed by atoms with Gasteiger partial charge < -0.3 is 26.6 Å². The highest BCUT2D eigenvalue weighted by molar-refractivity contribution is 6.02. The Morgan fingerprint density at radius 2 is 1.38 bits per heavy atom. The molecule has 0 aliphatic rings. The lowest BCUT2D eigenvalue weighted by atomic mass is 9.95. The molecule has 1 unspecified atom stereocenters. The fourth-order valence-electron chi connectivity index (χ4n) is 5.06. The van der Waals surface area contributed by atoms with E-state index in [0.717, 1.165) is 5.56 Å². The van der Waals surface area contributed by atoms with Crippen molar-refractivity contribution in [2.24, 2.45) is 5.92 Å². The molecule has 47 heavy (non-hydrogen) atoms. The first-order valence-electron chi connectivity index (χ1n) is 16.1. The van der Waals surface area contributed by atoms with Crippen LogP contribution in [0.25, 0.3) is 11.1 Å². The van der Waals surface area contributed by atoms with Gasteiger partial charge in [0.1, 0.15) is 6.04 Å². The molecule has 10 nitrogen and oxygen atoms in total. The quantitative estimate of drug-likeness (QED) is 0.166. The van der Waals surface area contributed by atoms with Crippen LogP contribution in [0.3, 0.4) is 0 Å². The van der Waals surface area contributed by atoms with Crippen LogP contribution in [0.5, 0.6) is 0 Å². The second-order valence-electron chi connectivity index (χ2n) is 11.9. The highest BCUT2D eigenvalue weighted by Crippen LogP contribution is 2.26. The van der Waals surface area contributed by atoms with Crippen LogP contribution in [0.1, 0.15) is 85.8 Å². The zero-order chi connectivity index (χ0) is 34.5. The minimum atomic E-state index is -0.658. The SMILES string of the molecule is CCNC(=O)[C@@H](NC(=O)[C@H](C)NCC(CC)NC(=O)c1cc(C(=O)N[C@H](C)c2ccccc2)cc(-c2ccccc2C#N)c1)C(C)C. The summed E-state index contributed by atoms with van der Waals surface area (Å²) >= 11 is 0. The topological polar surface area (TPSA) is 152 Å². The Morgan fingerprint density at radius 1 is 0.766 bits per heavy atom. The van der Waals surface area contributed by atoms with E-state index in [4.69, 9.17) is 0 Å². The van der Waals surface area contributed by atoms with Gasteiger partial charge in [0.25, 0.3) is 11.8 Å². The van der Waals surface area contributed by atoms with Gasteiger partial charge in [-0.05, 0) is 74.1 Å². The van der Waals surface area contributed by atoms with Gasteiger partial charge in [-0.1, -0.05) is 69.3 Å². The van der Waals surface area contributed by atoms with Crippen molar-refractivity contribution in [2.75, 3.05) is 13.1 Å². The van der Waals surface area contributed by atoms with Crippen LogP contribution in [-0.2, 0) is 9.59 Å². The molecule has 0 aromatic heterocycles. The largest absolute Gasteiger partial charge is 0.355 e. The maximum absolute atomic E-state index is 13.6. The number of likely N-dealkylation sites (N-methyl/N-ethyl adjacent to an activating group) is 1. The van der Waals surface area contributed by atoms with E-state index in [2.05, 4.69) is 32.7 Å². The van der Waals surface area contributed by atoms with Gasteiger partial charge in [0.2, 0.25) is 11.8 Å².